The summed E-state index contributed by atoms with van der Waals surface area (Å²) >= 11 is 0. The summed E-state index contributed by atoms with van der Waals surface area (Å²) in [5, 5.41) is 4.13. The summed E-state index contributed by atoms with van der Waals surface area (Å²) in [6.07, 6.45) is 1.84. The molecule has 0 saturated carbocycles. The second-order valence-corrected chi connectivity index (χ2v) is 23.2. The number of allylic oxidation sites excluding steroid dienone is 1. The van der Waals surface area contributed by atoms with E-state index in [1.54, 1.807) is 0 Å². The third-order valence-corrected chi connectivity index (χ3v) is 19.5. The number of ether oxygens (including phenoxy) is 2. The van der Waals surface area contributed by atoms with Gasteiger partial charge in [-0.05, 0) is 43.8 Å². The fraction of sp³-hybridized carbons (Fsp3) is 0.341. The van der Waals surface area contributed by atoms with Crippen LogP contribution in [0, 0.1) is 0 Å². The van der Waals surface area contributed by atoms with Crippen LogP contribution in [-0.4, -0.2) is 47.7 Å². The van der Waals surface area contributed by atoms with Crippen LogP contribution in [0.1, 0.15) is 54.9 Å². The lowest BCUT2D eigenvalue weighted by Gasteiger charge is -2.47. The van der Waals surface area contributed by atoms with Crippen LogP contribution < -0.4 is 20.7 Å². The lowest BCUT2D eigenvalue weighted by Crippen LogP contribution is -2.69. The van der Waals surface area contributed by atoms with Gasteiger partial charge in [-0.25, -0.2) is 4.79 Å². The van der Waals surface area contributed by atoms with E-state index in [4.69, 9.17) is 18.3 Å². The van der Waals surface area contributed by atoms with Gasteiger partial charge < -0.3 is 18.3 Å². The quantitative estimate of drug-likeness (QED) is 0.0996. The van der Waals surface area contributed by atoms with Gasteiger partial charge in [0, 0.05) is 6.42 Å². The molecule has 1 fully saturated rings. The highest BCUT2D eigenvalue weighted by Crippen LogP contribution is 2.40. The van der Waals surface area contributed by atoms with Crippen LogP contribution in [-0.2, 0) is 18.3 Å². The summed E-state index contributed by atoms with van der Waals surface area (Å²) in [6, 6.07) is 42.2. The maximum absolute atomic E-state index is 13.3. The Balaban J connectivity index is 1.65. The first-order valence-corrected chi connectivity index (χ1v) is 20.8. The zero-order valence-corrected chi connectivity index (χ0v) is 31.4. The molecule has 0 spiro atoms. The van der Waals surface area contributed by atoms with Crippen molar-refractivity contribution in [3.8, 4) is 0 Å². The SMILES string of the molecule is C/C=C\[C@H]1C[C@H](O[Si](c2ccccc2)(c2ccccc2)C(C)(C)C)[C@@H](CO[Si](c2ccccc2)(c2ccccc2)C(C)(C)C)OC(=O)O1. The number of rotatable bonds is 10. The summed E-state index contributed by atoms with van der Waals surface area (Å²) < 4.78 is 27.1. The Morgan fingerprint density at radius 1 is 0.646 bits per heavy atom. The predicted molar refractivity (Wildman–Crippen MR) is 201 cm³/mol. The van der Waals surface area contributed by atoms with Gasteiger partial charge in [-0.15, -0.1) is 0 Å². The van der Waals surface area contributed by atoms with E-state index in [0.29, 0.717) is 6.42 Å². The van der Waals surface area contributed by atoms with Crippen LogP contribution in [0.5, 0.6) is 0 Å². The van der Waals surface area contributed by atoms with Gasteiger partial charge in [0.2, 0.25) is 0 Å². The van der Waals surface area contributed by atoms with E-state index in [0.717, 1.165) is 20.7 Å². The number of cyclic esters (lactones) is 2. The normalized spacial score (nSPS) is 19.4. The molecule has 5 nitrogen and oxygen atoms in total. The first kappa shape index (κ1) is 35.5. The minimum Gasteiger partial charge on any atom is -0.427 e. The van der Waals surface area contributed by atoms with E-state index in [1.165, 1.54) is 0 Å². The second-order valence-electron chi connectivity index (χ2n) is 14.6. The molecule has 0 N–H and O–H groups in total. The largest absolute Gasteiger partial charge is 0.509 e. The molecule has 3 atom stereocenters. The molecule has 0 aliphatic carbocycles. The minimum atomic E-state index is -3.03. The third-order valence-electron chi connectivity index (χ3n) is 9.41. The molecular formula is C41H50O5Si2. The highest BCUT2D eigenvalue weighted by atomic mass is 28.4. The lowest BCUT2D eigenvalue weighted by molar-refractivity contribution is -0.0192. The predicted octanol–water partition coefficient (Wildman–Crippen LogP) is 7.38. The van der Waals surface area contributed by atoms with E-state index >= 15 is 0 Å². The maximum Gasteiger partial charge on any atom is 0.509 e. The van der Waals surface area contributed by atoms with Gasteiger partial charge in [0.25, 0.3) is 16.6 Å². The Morgan fingerprint density at radius 2 is 1.04 bits per heavy atom. The van der Waals surface area contributed by atoms with Crippen LogP contribution in [0.15, 0.2) is 133 Å². The zero-order valence-electron chi connectivity index (χ0n) is 29.4. The summed E-state index contributed by atoms with van der Waals surface area (Å²) in [4.78, 5) is 13.3. The summed E-state index contributed by atoms with van der Waals surface area (Å²) in [5.74, 6) is 0. The molecule has 5 rings (SSSR count). The monoisotopic (exact) mass is 678 g/mol. The Labute approximate surface area is 289 Å². The van der Waals surface area contributed by atoms with Crippen LogP contribution in [0.3, 0.4) is 0 Å². The average Bonchev–Trinajstić information content (AvgIpc) is 3.21. The molecular weight excluding hydrogens is 629 g/mol. The smallest absolute Gasteiger partial charge is 0.427 e. The van der Waals surface area contributed by atoms with Crippen molar-refractivity contribution in [1.29, 1.82) is 0 Å². The van der Waals surface area contributed by atoms with Gasteiger partial charge in [0.15, 0.2) is 6.10 Å². The second kappa shape index (κ2) is 14.8. The van der Waals surface area contributed by atoms with Crippen molar-refractivity contribution in [2.45, 2.75) is 83.3 Å². The van der Waals surface area contributed by atoms with Gasteiger partial charge in [-0.2, -0.15) is 0 Å². The van der Waals surface area contributed by atoms with Crippen LogP contribution in [0.4, 0.5) is 4.79 Å². The first-order valence-electron chi connectivity index (χ1n) is 17.0. The fourth-order valence-electron chi connectivity index (χ4n) is 7.26. The van der Waals surface area contributed by atoms with E-state index in [-0.39, 0.29) is 16.7 Å². The van der Waals surface area contributed by atoms with Crippen molar-refractivity contribution in [2.24, 2.45) is 0 Å². The molecule has 0 amide bonds. The van der Waals surface area contributed by atoms with Crippen molar-refractivity contribution in [3.63, 3.8) is 0 Å². The Hall–Kier alpha value is -3.76. The van der Waals surface area contributed by atoms with E-state index in [2.05, 4.69) is 139 Å². The van der Waals surface area contributed by atoms with E-state index in [9.17, 15) is 4.79 Å². The van der Waals surface area contributed by atoms with Crippen molar-refractivity contribution in [2.75, 3.05) is 6.61 Å². The van der Waals surface area contributed by atoms with Gasteiger partial charge in [0.05, 0.1) is 12.7 Å². The van der Waals surface area contributed by atoms with Crippen LogP contribution in [0.2, 0.25) is 10.1 Å². The molecule has 1 aliphatic rings. The molecule has 0 unspecified atom stereocenters. The zero-order chi connectivity index (χ0) is 34.4. The number of hydrogen-bond acceptors (Lipinski definition) is 5. The van der Waals surface area contributed by atoms with Crippen molar-refractivity contribution in [3.05, 3.63) is 133 Å². The molecule has 4 aromatic rings. The summed E-state index contributed by atoms with van der Waals surface area (Å²) in [6.45, 7) is 15.6. The van der Waals surface area contributed by atoms with Gasteiger partial charge in [-0.1, -0.05) is 169 Å². The number of carbonyl (C=O) groups is 1. The standard InChI is InChI=1S/C41H50O5Si2/c1-8-21-32-30-37(46-48(41(5,6)7,35-26-17-11-18-27-35)36-28-19-12-20-29-36)38(45-39(42)44-32)31-43-47(40(2,3)4,33-22-13-9-14-23-33)34-24-15-10-16-25-34/h8-29,32,37-38H,30-31H2,1-7H3/b21-8-/t32-,37-,38+/m0/s1. The number of benzene rings is 4. The Morgan fingerprint density at radius 3 is 1.42 bits per heavy atom. The Bertz CT molecular complexity index is 1550. The van der Waals surface area contributed by atoms with E-state index in [1.807, 2.05) is 43.3 Å². The molecule has 0 radical (unpaired) electrons. The third kappa shape index (κ3) is 7.15. The van der Waals surface area contributed by atoms with Gasteiger partial charge >= 0.3 is 6.16 Å². The molecule has 1 aliphatic heterocycles. The van der Waals surface area contributed by atoms with Crippen LogP contribution >= 0.6 is 0 Å². The highest BCUT2D eigenvalue weighted by molar-refractivity contribution is 7.00. The van der Waals surface area contributed by atoms with Gasteiger partial charge in [0.1, 0.15) is 6.10 Å². The van der Waals surface area contributed by atoms with Crippen LogP contribution in [0.25, 0.3) is 0 Å². The lowest BCUT2D eigenvalue weighted by atomic mass is 10.1. The number of hydrogen-bond donors (Lipinski definition) is 0. The molecule has 0 aromatic heterocycles. The Kier molecular flexibility index (Phi) is 11.0. The molecule has 48 heavy (non-hydrogen) atoms. The first-order chi connectivity index (χ1) is 22.9. The molecule has 7 heteroatoms. The van der Waals surface area contributed by atoms with Crippen molar-refractivity contribution in [1.82, 2.24) is 0 Å². The number of carbonyl (C=O) groups excluding carboxylic acids is 1. The van der Waals surface area contributed by atoms with E-state index < -0.39 is 41.1 Å². The molecule has 4 aromatic carbocycles. The topological polar surface area (TPSA) is 54.0 Å². The highest BCUT2D eigenvalue weighted by Gasteiger charge is 2.55. The molecule has 0 bridgehead atoms. The molecule has 252 valence electrons. The van der Waals surface area contributed by atoms with Gasteiger partial charge in [-0.3, -0.25) is 0 Å². The summed E-state index contributed by atoms with van der Waals surface area (Å²) in [5.41, 5.74) is 0. The molecule has 1 heterocycles. The minimum absolute atomic E-state index is 0.161. The molecule has 1 saturated heterocycles. The van der Waals surface area contributed by atoms with Crippen molar-refractivity contribution >= 4 is 43.5 Å². The average molecular weight is 679 g/mol. The fourth-order valence-corrected chi connectivity index (χ4v) is 16.6. The summed E-state index contributed by atoms with van der Waals surface area (Å²) in [7, 11) is -5.98. The maximum atomic E-state index is 13.3. The van der Waals surface area contributed by atoms with Crippen molar-refractivity contribution < 1.29 is 23.1 Å².